The molecule has 1 atom stereocenters. The molecule has 1 unspecified atom stereocenters. The highest BCUT2D eigenvalue weighted by Crippen LogP contribution is 2.26. The largest absolute Gasteiger partial charge is 0.404 e. The van der Waals surface area contributed by atoms with Gasteiger partial charge >= 0.3 is 6.18 Å². The summed E-state index contributed by atoms with van der Waals surface area (Å²) in [6.07, 6.45) is -1.90. The Morgan fingerprint density at radius 1 is 1.31 bits per heavy atom. The van der Waals surface area contributed by atoms with Crippen molar-refractivity contribution in [1.29, 1.82) is 0 Å². The van der Waals surface area contributed by atoms with Gasteiger partial charge in [0.1, 0.15) is 0 Å². The molecule has 0 radical (unpaired) electrons. The molecule has 0 bridgehead atoms. The highest BCUT2D eigenvalue weighted by Gasteiger charge is 2.40. The van der Waals surface area contributed by atoms with Crippen LogP contribution in [-0.4, -0.2) is 37.2 Å². The van der Waals surface area contributed by atoms with E-state index >= 15 is 0 Å². The van der Waals surface area contributed by atoms with Gasteiger partial charge in [0.05, 0.1) is 0 Å². The third-order valence-corrected chi connectivity index (χ3v) is 4.64. The first-order valence-corrected chi connectivity index (χ1v) is 6.93. The van der Waals surface area contributed by atoms with Gasteiger partial charge in [0.2, 0.25) is 10.0 Å². The van der Waals surface area contributed by atoms with E-state index in [1.165, 1.54) is 0 Å². The molecule has 1 rings (SSSR count). The second kappa shape index (κ2) is 4.91. The van der Waals surface area contributed by atoms with E-state index in [4.69, 9.17) is 0 Å². The molecule has 1 fully saturated rings. The van der Waals surface area contributed by atoms with Crippen LogP contribution in [0.1, 0.15) is 32.6 Å². The van der Waals surface area contributed by atoms with Crippen LogP contribution < -0.4 is 0 Å². The topological polar surface area (TPSA) is 37.4 Å². The fraction of sp³-hybridized carbons (Fsp3) is 1.00. The van der Waals surface area contributed by atoms with E-state index in [1.807, 2.05) is 0 Å². The number of rotatable bonds is 3. The summed E-state index contributed by atoms with van der Waals surface area (Å²) in [6.45, 7) is 2.02. The number of sulfonamides is 1. The summed E-state index contributed by atoms with van der Waals surface area (Å²) in [6, 6.07) is -0.263. The zero-order valence-corrected chi connectivity index (χ0v) is 9.94. The smallest absolute Gasteiger partial charge is 0.212 e. The molecule has 0 aromatic heterocycles. The number of hydrogen-bond donors (Lipinski definition) is 0. The summed E-state index contributed by atoms with van der Waals surface area (Å²) in [5.74, 6) is -1.74. The van der Waals surface area contributed by atoms with Crippen molar-refractivity contribution in [2.24, 2.45) is 0 Å². The highest BCUT2D eigenvalue weighted by atomic mass is 32.2. The highest BCUT2D eigenvalue weighted by molar-refractivity contribution is 7.89. The molecule has 0 N–H and O–H groups in total. The van der Waals surface area contributed by atoms with E-state index in [2.05, 4.69) is 0 Å². The Hall–Kier alpha value is -0.300. The summed E-state index contributed by atoms with van der Waals surface area (Å²) in [4.78, 5) is 0. The predicted molar refractivity (Wildman–Crippen MR) is 54.5 cm³/mol. The molecule has 0 saturated carbocycles. The standard InChI is InChI=1S/C9H16F3NO2S/c1-2-8-5-3-4-6-13(8)16(14,15)7-9(10,11)12/h8H,2-7H2,1H3. The molecule has 0 spiro atoms. The van der Waals surface area contributed by atoms with E-state index in [-0.39, 0.29) is 12.6 Å². The first-order chi connectivity index (χ1) is 7.26. The van der Waals surface area contributed by atoms with Crippen LogP contribution in [0.5, 0.6) is 0 Å². The van der Waals surface area contributed by atoms with Gasteiger partial charge in [-0.15, -0.1) is 0 Å². The Labute approximate surface area is 93.7 Å². The van der Waals surface area contributed by atoms with Gasteiger partial charge in [0.25, 0.3) is 0 Å². The summed E-state index contributed by atoms with van der Waals surface area (Å²) < 4.78 is 60.6. The lowest BCUT2D eigenvalue weighted by Gasteiger charge is -2.34. The SMILES string of the molecule is CCC1CCCCN1S(=O)(=O)CC(F)(F)F. The Kier molecular flexibility index (Phi) is 4.23. The van der Waals surface area contributed by atoms with Crippen molar-refractivity contribution in [3.8, 4) is 0 Å². The molecule has 1 saturated heterocycles. The summed E-state index contributed by atoms with van der Waals surface area (Å²) in [5.41, 5.74) is 0. The lowest BCUT2D eigenvalue weighted by atomic mass is 10.0. The van der Waals surface area contributed by atoms with Gasteiger partial charge < -0.3 is 0 Å². The second-order valence-electron chi connectivity index (χ2n) is 4.04. The van der Waals surface area contributed by atoms with Crippen LogP contribution in [0.25, 0.3) is 0 Å². The Bertz CT molecular complexity index is 326. The summed E-state index contributed by atoms with van der Waals surface area (Å²) >= 11 is 0. The van der Waals surface area contributed by atoms with Gasteiger partial charge in [0.15, 0.2) is 5.75 Å². The number of halogens is 3. The van der Waals surface area contributed by atoms with Gasteiger partial charge in [-0.05, 0) is 19.3 Å². The lowest BCUT2D eigenvalue weighted by Crippen LogP contribution is -2.46. The molecule has 96 valence electrons. The van der Waals surface area contributed by atoms with Crippen LogP contribution in [0.4, 0.5) is 13.2 Å². The van der Waals surface area contributed by atoms with E-state index in [1.54, 1.807) is 6.92 Å². The Morgan fingerprint density at radius 2 is 1.94 bits per heavy atom. The van der Waals surface area contributed by atoms with E-state index in [9.17, 15) is 21.6 Å². The first kappa shape index (κ1) is 13.8. The van der Waals surface area contributed by atoms with Gasteiger partial charge in [-0.3, -0.25) is 0 Å². The molecular weight excluding hydrogens is 243 g/mol. The minimum atomic E-state index is -4.66. The van der Waals surface area contributed by atoms with Crippen molar-refractivity contribution < 1.29 is 21.6 Å². The van der Waals surface area contributed by atoms with Crippen molar-refractivity contribution in [2.75, 3.05) is 12.3 Å². The van der Waals surface area contributed by atoms with Crippen LogP contribution in [0, 0.1) is 0 Å². The average molecular weight is 259 g/mol. The van der Waals surface area contributed by atoms with Gasteiger partial charge in [-0.1, -0.05) is 13.3 Å². The quantitative estimate of drug-likeness (QED) is 0.778. The maximum Gasteiger partial charge on any atom is 0.404 e. The molecule has 0 aliphatic carbocycles. The lowest BCUT2D eigenvalue weighted by molar-refractivity contribution is -0.107. The molecule has 0 aromatic carbocycles. The maximum absolute atomic E-state index is 12.1. The third kappa shape index (κ3) is 3.62. The summed E-state index contributed by atoms with van der Waals surface area (Å²) in [7, 11) is -4.19. The Balaban J connectivity index is 2.80. The fourth-order valence-electron chi connectivity index (χ4n) is 2.04. The van der Waals surface area contributed by atoms with Crippen molar-refractivity contribution >= 4 is 10.0 Å². The molecular formula is C9H16F3NO2S. The van der Waals surface area contributed by atoms with Gasteiger partial charge in [-0.25, -0.2) is 8.42 Å². The third-order valence-electron chi connectivity index (χ3n) is 2.75. The molecule has 3 nitrogen and oxygen atoms in total. The molecule has 16 heavy (non-hydrogen) atoms. The fourth-order valence-corrected chi connectivity index (χ4v) is 3.73. The van der Waals surface area contributed by atoms with Crippen LogP contribution >= 0.6 is 0 Å². The molecule has 7 heteroatoms. The number of hydrogen-bond acceptors (Lipinski definition) is 2. The number of alkyl halides is 3. The minimum absolute atomic E-state index is 0.219. The molecule has 1 aliphatic rings. The summed E-state index contributed by atoms with van der Waals surface area (Å²) in [5, 5.41) is 0. The monoisotopic (exact) mass is 259 g/mol. The molecule has 1 aliphatic heterocycles. The number of piperidine rings is 1. The van der Waals surface area contributed by atoms with Gasteiger partial charge in [-0.2, -0.15) is 17.5 Å². The van der Waals surface area contributed by atoms with Crippen LogP contribution in [0.15, 0.2) is 0 Å². The average Bonchev–Trinajstić information content (AvgIpc) is 2.14. The van der Waals surface area contributed by atoms with Crippen molar-refractivity contribution in [2.45, 2.75) is 44.8 Å². The van der Waals surface area contributed by atoms with Crippen LogP contribution in [-0.2, 0) is 10.0 Å². The predicted octanol–water partition coefficient (Wildman–Crippen LogP) is 2.14. The first-order valence-electron chi connectivity index (χ1n) is 5.32. The normalized spacial score (nSPS) is 24.6. The zero-order chi connectivity index (χ0) is 12.4. The van der Waals surface area contributed by atoms with E-state index in [0.29, 0.717) is 19.3 Å². The second-order valence-corrected chi connectivity index (χ2v) is 5.96. The van der Waals surface area contributed by atoms with Gasteiger partial charge in [0, 0.05) is 12.6 Å². The molecule has 0 amide bonds. The number of nitrogens with zero attached hydrogens (tertiary/aromatic N) is 1. The maximum atomic E-state index is 12.1. The van der Waals surface area contributed by atoms with Crippen LogP contribution in [0.2, 0.25) is 0 Å². The van der Waals surface area contributed by atoms with Crippen molar-refractivity contribution in [3.63, 3.8) is 0 Å². The zero-order valence-electron chi connectivity index (χ0n) is 9.13. The van der Waals surface area contributed by atoms with E-state index < -0.39 is 22.0 Å². The van der Waals surface area contributed by atoms with E-state index in [0.717, 1.165) is 10.7 Å². The molecule has 1 heterocycles. The minimum Gasteiger partial charge on any atom is -0.212 e. The van der Waals surface area contributed by atoms with Crippen LogP contribution in [0.3, 0.4) is 0 Å². The molecule has 0 aromatic rings. The Morgan fingerprint density at radius 3 is 2.44 bits per heavy atom. The van der Waals surface area contributed by atoms with Crippen molar-refractivity contribution in [3.05, 3.63) is 0 Å². The van der Waals surface area contributed by atoms with Crippen molar-refractivity contribution in [1.82, 2.24) is 4.31 Å².